The van der Waals surface area contributed by atoms with Crippen molar-refractivity contribution in [1.29, 1.82) is 0 Å². The van der Waals surface area contributed by atoms with Crippen molar-refractivity contribution in [2.24, 2.45) is 0 Å². The third-order valence-corrected chi connectivity index (χ3v) is 4.58. The number of anilines is 1. The molecule has 0 saturated heterocycles. The number of carbonyl (C=O) groups excluding carboxylic acids is 3. The van der Waals surface area contributed by atoms with Gasteiger partial charge >= 0.3 is 5.97 Å². The third kappa shape index (κ3) is 8.59. The number of benzene rings is 1. The van der Waals surface area contributed by atoms with E-state index < -0.39 is 17.9 Å². The summed E-state index contributed by atoms with van der Waals surface area (Å²) in [6, 6.07) is 6.33. The molecule has 0 aliphatic carbocycles. The Hall–Kier alpha value is -2.55. The van der Waals surface area contributed by atoms with Gasteiger partial charge in [-0.3, -0.25) is 14.4 Å². The first-order valence-corrected chi connectivity index (χ1v) is 9.57. The average Bonchev–Trinajstić information content (AvgIpc) is 2.59. The number of nitrogens with zero attached hydrogens (tertiary/aromatic N) is 1. The zero-order valence-corrected chi connectivity index (χ0v) is 16.5. The first kappa shape index (κ1) is 22.5. The van der Waals surface area contributed by atoms with E-state index in [2.05, 4.69) is 10.6 Å². The SMILES string of the molecule is CC(=O)NCCN(C(=O)CSCC(=O)Nc1ccc(C)cc1)C(C)C(=O)O. The molecule has 1 unspecified atom stereocenters. The molecule has 1 aromatic rings. The number of carbonyl (C=O) groups is 4. The summed E-state index contributed by atoms with van der Waals surface area (Å²) in [6.45, 7) is 4.94. The van der Waals surface area contributed by atoms with E-state index in [1.54, 1.807) is 12.1 Å². The summed E-state index contributed by atoms with van der Waals surface area (Å²) < 4.78 is 0. The van der Waals surface area contributed by atoms with Crippen LogP contribution in [0.25, 0.3) is 0 Å². The minimum atomic E-state index is -1.13. The maximum Gasteiger partial charge on any atom is 0.326 e. The molecule has 0 spiro atoms. The lowest BCUT2D eigenvalue weighted by atomic mass is 10.2. The molecular weight excluding hydrogens is 370 g/mol. The van der Waals surface area contributed by atoms with Crippen molar-refractivity contribution >= 4 is 41.1 Å². The van der Waals surface area contributed by atoms with Gasteiger partial charge in [0, 0.05) is 25.7 Å². The zero-order valence-electron chi connectivity index (χ0n) is 15.7. The van der Waals surface area contributed by atoms with Crippen molar-refractivity contribution in [3.8, 4) is 0 Å². The number of nitrogens with one attached hydrogen (secondary N) is 2. The molecule has 3 N–H and O–H groups in total. The summed E-state index contributed by atoms with van der Waals surface area (Å²) in [7, 11) is 0. The van der Waals surface area contributed by atoms with E-state index in [1.807, 2.05) is 19.1 Å². The molecule has 0 bridgehead atoms. The van der Waals surface area contributed by atoms with Crippen molar-refractivity contribution < 1.29 is 24.3 Å². The van der Waals surface area contributed by atoms with E-state index in [4.69, 9.17) is 5.11 Å². The van der Waals surface area contributed by atoms with Crippen molar-refractivity contribution in [3.05, 3.63) is 29.8 Å². The molecule has 0 aliphatic rings. The van der Waals surface area contributed by atoms with Crippen LogP contribution in [0.2, 0.25) is 0 Å². The van der Waals surface area contributed by atoms with Crippen LogP contribution in [0.4, 0.5) is 5.69 Å². The Kier molecular flexibility index (Phi) is 9.35. The van der Waals surface area contributed by atoms with E-state index >= 15 is 0 Å². The second-order valence-electron chi connectivity index (χ2n) is 5.99. The van der Waals surface area contributed by atoms with Crippen LogP contribution in [0.3, 0.4) is 0 Å². The Labute approximate surface area is 162 Å². The maximum absolute atomic E-state index is 12.3. The van der Waals surface area contributed by atoms with Gasteiger partial charge in [-0.05, 0) is 26.0 Å². The largest absolute Gasteiger partial charge is 0.480 e. The standard InChI is InChI=1S/C18H25N3O5S/c1-12-4-6-15(7-5-12)20-16(23)10-27-11-17(24)21(13(2)18(25)26)9-8-19-14(3)22/h4-7,13H,8-11H2,1-3H3,(H,19,22)(H,20,23)(H,25,26). The Balaban J connectivity index is 2.49. The van der Waals surface area contributed by atoms with Crippen LogP contribution in [0.5, 0.6) is 0 Å². The van der Waals surface area contributed by atoms with Crippen molar-refractivity contribution in [3.63, 3.8) is 0 Å². The van der Waals surface area contributed by atoms with Crippen molar-refractivity contribution in [2.75, 3.05) is 29.9 Å². The molecule has 0 fully saturated rings. The van der Waals surface area contributed by atoms with E-state index in [1.165, 1.54) is 18.7 Å². The Morgan fingerprint density at radius 1 is 1.15 bits per heavy atom. The topological polar surface area (TPSA) is 116 Å². The molecule has 0 aliphatic heterocycles. The van der Waals surface area contributed by atoms with Crippen LogP contribution in [-0.2, 0) is 19.2 Å². The minimum absolute atomic E-state index is 0.0288. The number of aryl methyl sites for hydroxylation is 1. The number of hydrogen-bond acceptors (Lipinski definition) is 5. The lowest BCUT2D eigenvalue weighted by molar-refractivity contribution is -0.148. The third-order valence-electron chi connectivity index (χ3n) is 3.67. The molecule has 3 amide bonds. The summed E-state index contributed by atoms with van der Waals surface area (Å²) in [6.07, 6.45) is 0. The molecule has 0 saturated carbocycles. The van der Waals surface area contributed by atoms with Crippen molar-refractivity contribution in [2.45, 2.75) is 26.8 Å². The van der Waals surface area contributed by atoms with E-state index in [-0.39, 0.29) is 36.4 Å². The van der Waals surface area contributed by atoms with E-state index in [9.17, 15) is 19.2 Å². The smallest absolute Gasteiger partial charge is 0.326 e. The quantitative estimate of drug-likeness (QED) is 0.546. The Bertz CT molecular complexity index is 678. The van der Waals surface area contributed by atoms with Crippen LogP contribution in [0.15, 0.2) is 24.3 Å². The van der Waals surface area contributed by atoms with E-state index in [0.29, 0.717) is 5.69 Å². The first-order chi connectivity index (χ1) is 12.7. The number of hydrogen-bond donors (Lipinski definition) is 3. The van der Waals surface area contributed by atoms with Gasteiger partial charge in [0.1, 0.15) is 6.04 Å². The van der Waals surface area contributed by atoms with Gasteiger partial charge in [0.05, 0.1) is 11.5 Å². The fraction of sp³-hybridized carbons (Fsp3) is 0.444. The van der Waals surface area contributed by atoms with Crippen molar-refractivity contribution in [1.82, 2.24) is 10.2 Å². The lowest BCUT2D eigenvalue weighted by Gasteiger charge is -2.26. The second-order valence-corrected chi connectivity index (χ2v) is 6.98. The van der Waals surface area contributed by atoms with Crippen LogP contribution in [0, 0.1) is 6.92 Å². The Morgan fingerprint density at radius 3 is 2.33 bits per heavy atom. The van der Waals surface area contributed by atoms with Gasteiger partial charge in [-0.1, -0.05) is 17.7 Å². The second kappa shape index (κ2) is 11.2. The lowest BCUT2D eigenvalue weighted by Crippen LogP contribution is -2.47. The highest BCUT2D eigenvalue weighted by Crippen LogP contribution is 2.11. The highest BCUT2D eigenvalue weighted by molar-refractivity contribution is 8.00. The number of thioether (sulfide) groups is 1. The highest BCUT2D eigenvalue weighted by atomic mass is 32.2. The fourth-order valence-electron chi connectivity index (χ4n) is 2.17. The highest BCUT2D eigenvalue weighted by Gasteiger charge is 2.25. The van der Waals surface area contributed by atoms with Gasteiger partial charge in [-0.15, -0.1) is 11.8 Å². The molecule has 0 radical (unpaired) electrons. The molecule has 1 atom stereocenters. The normalized spacial score (nSPS) is 11.4. The van der Waals surface area contributed by atoms with E-state index in [0.717, 1.165) is 17.3 Å². The number of aliphatic carboxylic acids is 1. The zero-order chi connectivity index (χ0) is 20.4. The van der Waals surface area contributed by atoms with Gasteiger partial charge in [0.25, 0.3) is 0 Å². The molecule has 8 nitrogen and oxygen atoms in total. The first-order valence-electron chi connectivity index (χ1n) is 8.41. The molecule has 1 aromatic carbocycles. The summed E-state index contributed by atoms with van der Waals surface area (Å²) in [5, 5.41) is 14.4. The van der Waals surface area contributed by atoms with Crippen LogP contribution < -0.4 is 10.6 Å². The van der Waals surface area contributed by atoms with Crippen LogP contribution in [-0.4, -0.2) is 64.3 Å². The number of rotatable bonds is 10. The summed E-state index contributed by atoms with van der Waals surface area (Å²) in [5.41, 5.74) is 1.76. The predicted molar refractivity (Wildman–Crippen MR) is 105 cm³/mol. The van der Waals surface area contributed by atoms with Gasteiger partial charge in [0.15, 0.2) is 0 Å². The monoisotopic (exact) mass is 395 g/mol. The van der Waals surface area contributed by atoms with Gasteiger partial charge in [0.2, 0.25) is 17.7 Å². The number of carboxylic acids is 1. The summed E-state index contributed by atoms with van der Waals surface area (Å²) in [4.78, 5) is 47.6. The summed E-state index contributed by atoms with van der Waals surface area (Å²) in [5.74, 6) is -1.99. The average molecular weight is 395 g/mol. The number of amides is 3. The summed E-state index contributed by atoms with van der Waals surface area (Å²) >= 11 is 1.11. The molecule has 0 aromatic heterocycles. The Morgan fingerprint density at radius 2 is 1.78 bits per heavy atom. The molecule has 9 heteroatoms. The fourth-order valence-corrected chi connectivity index (χ4v) is 2.87. The molecule has 27 heavy (non-hydrogen) atoms. The maximum atomic E-state index is 12.3. The molecule has 0 heterocycles. The molecular formula is C18H25N3O5S. The van der Waals surface area contributed by atoms with Gasteiger partial charge in [-0.25, -0.2) is 4.79 Å². The van der Waals surface area contributed by atoms with Gasteiger partial charge in [-0.2, -0.15) is 0 Å². The minimum Gasteiger partial charge on any atom is -0.480 e. The van der Waals surface area contributed by atoms with Crippen LogP contribution >= 0.6 is 11.8 Å². The predicted octanol–water partition coefficient (Wildman–Crippen LogP) is 1.10. The molecule has 148 valence electrons. The number of carboxylic acid groups (broad SMARTS) is 1. The van der Waals surface area contributed by atoms with Gasteiger partial charge < -0.3 is 20.6 Å². The van der Waals surface area contributed by atoms with Crippen LogP contribution in [0.1, 0.15) is 19.4 Å². The molecule has 1 rings (SSSR count).